The summed E-state index contributed by atoms with van der Waals surface area (Å²) in [6.07, 6.45) is 5.75. The van der Waals surface area contributed by atoms with Gasteiger partial charge in [-0.05, 0) is 12.5 Å². The van der Waals surface area contributed by atoms with Crippen LogP contribution in [0.1, 0.15) is 12.6 Å². The van der Waals surface area contributed by atoms with Crippen LogP contribution in [0.3, 0.4) is 0 Å². The average Bonchev–Trinajstić information content (AvgIpc) is 2.72. The zero-order valence-electron chi connectivity index (χ0n) is 9.59. The van der Waals surface area contributed by atoms with E-state index >= 15 is 0 Å². The number of nitrogens with two attached hydrogens (primary N) is 1. The van der Waals surface area contributed by atoms with Crippen LogP contribution in [0.2, 0.25) is 0 Å². The number of nitrogens with one attached hydrogen (secondary N) is 1. The van der Waals surface area contributed by atoms with E-state index in [0.717, 1.165) is 23.5 Å². The molecule has 6 nitrogen and oxygen atoms in total. The fourth-order valence-electron chi connectivity index (χ4n) is 1.59. The zero-order valence-corrected chi connectivity index (χ0v) is 9.59. The summed E-state index contributed by atoms with van der Waals surface area (Å²) < 4.78 is 1.73. The van der Waals surface area contributed by atoms with Gasteiger partial charge in [-0.2, -0.15) is 5.10 Å². The van der Waals surface area contributed by atoms with Crippen LogP contribution in [0.4, 0.5) is 0 Å². The lowest BCUT2D eigenvalue weighted by Crippen LogP contribution is -2.20. The zero-order chi connectivity index (χ0) is 12.3. The fourth-order valence-corrected chi connectivity index (χ4v) is 1.59. The smallest absolute Gasteiger partial charge is 0.113 e. The van der Waals surface area contributed by atoms with E-state index in [4.69, 9.17) is 11.1 Å². The van der Waals surface area contributed by atoms with E-state index < -0.39 is 0 Å². The highest BCUT2D eigenvalue weighted by molar-refractivity contribution is 5.76. The topological polar surface area (TPSA) is 93.5 Å². The third kappa shape index (κ3) is 2.47. The van der Waals surface area contributed by atoms with Crippen molar-refractivity contribution < 1.29 is 0 Å². The molecule has 0 radical (unpaired) electrons. The standard InChI is InChI=1S/C11H14N6/c1-2-8-5-9(10-6-14-3-4-15-10)16-17(8)7-11(12)13/h3-6H,2,7H2,1H3,(H3,12,13). The Hall–Kier alpha value is -2.24. The Morgan fingerprint density at radius 2 is 2.24 bits per heavy atom. The molecule has 0 spiro atoms. The number of nitrogens with zero attached hydrogens (tertiary/aromatic N) is 4. The SMILES string of the molecule is CCc1cc(-c2cnccn2)nn1CC(=N)N. The van der Waals surface area contributed by atoms with Crippen LogP contribution in [-0.2, 0) is 13.0 Å². The van der Waals surface area contributed by atoms with Crippen LogP contribution >= 0.6 is 0 Å². The molecule has 0 aliphatic carbocycles. The number of rotatable bonds is 4. The summed E-state index contributed by atoms with van der Waals surface area (Å²) in [6, 6.07) is 1.95. The highest BCUT2D eigenvalue weighted by Crippen LogP contribution is 2.15. The van der Waals surface area contributed by atoms with Crippen molar-refractivity contribution in [2.45, 2.75) is 19.9 Å². The normalized spacial score (nSPS) is 10.4. The largest absolute Gasteiger partial charge is 0.386 e. The fraction of sp³-hybridized carbons (Fsp3) is 0.273. The molecule has 6 heteroatoms. The first-order chi connectivity index (χ1) is 8.20. The molecule has 0 aliphatic rings. The van der Waals surface area contributed by atoms with Crippen LogP contribution < -0.4 is 5.73 Å². The Bertz CT molecular complexity index is 516. The molecule has 0 aromatic carbocycles. The van der Waals surface area contributed by atoms with Crippen molar-refractivity contribution in [2.24, 2.45) is 5.73 Å². The summed E-state index contributed by atoms with van der Waals surface area (Å²) in [6.45, 7) is 2.34. The maximum Gasteiger partial charge on any atom is 0.113 e. The first-order valence-electron chi connectivity index (χ1n) is 5.36. The van der Waals surface area contributed by atoms with Gasteiger partial charge in [0.05, 0.1) is 12.7 Å². The lowest BCUT2D eigenvalue weighted by molar-refractivity contribution is 0.678. The van der Waals surface area contributed by atoms with Crippen molar-refractivity contribution in [3.63, 3.8) is 0 Å². The minimum atomic E-state index is 0.0912. The minimum Gasteiger partial charge on any atom is -0.386 e. The average molecular weight is 230 g/mol. The Labute approximate surface area is 99.0 Å². The number of hydrogen-bond donors (Lipinski definition) is 2. The molecule has 88 valence electrons. The van der Waals surface area contributed by atoms with Crippen molar-refractivity contribution in [2.75, 3.05) is 0 Å². The number of hydrogen-bond acceptors (Lipinski definition) is 4. The van der Waals surface area contributed by atoms with Crippen molar-refractivity contribution in [1.29, 1.82) is 5.41 Å². The van der Waals surface area contributed by atoms with Gasteiger partial charge in [-0.15, -0.1) is 0 Å². The molecule has 2 aromatic heterocycles. The van der Waals surface area contributed by atoms with Crippen LogP contribution in [0.15, 0.2) is 24.7 Å². The summed E-state index contributed by atoms with van der Waals surface area (Å²) in [7, 11) is 0. The predicted octanol–water partition coefficient (Wildman–Crippen LogP) is 0.838. The molecular weight excluding hydrogens is 216 g/mol. The van der Waals surface area contributed by atoms with E-state index in [0.29, 0.717) is 6.54 Å². The molecule has 0 bridgehead atoms. The van der Waals surface area contributed by atoms with Crippen LogP contribution in [0.25, 0.3) is 11.4 Å². The van der Waals surface area contributed by atoms with E-state index in [9.17, 15) is 0 Å². The highest BCUT2D eigenvalue weighted by Gasteiger charge is 2.09. The lowest BCUT2D eigenvalue weighted by Gasteiger charge is -2.02. The minimum absolute atomic E-state index is 0.0912. The maximum absolute atomic E-state index is 7.31. The first kappa shape index (κ1) is 11.3. The lowest BCUT2D eigenvalue weighted by atomic mass is 10.2. The van der Waals surface area contributed by atoms with Gasteiger partial charge in [-0.3, -0.25) is 20.1 Å². The summed E-state index contributed by atoms with van der Waals surface area (Å²) in [5.41, 5.74) is 7.91. The number of amidine groups is 1. The summed E-state index contributed by atoms with van der Waals surface area (Å²) in [4.78, 5) is 8.20. The second-order valence-corrected chi connectivity index (χ2v) is 3.65. The van der Waals surface area contributed by atoms with Crippen molar-refractivity contribution in [3.05, 3.63) is 30.4 Å². The van der Waals surface area contributed by atoms with E-state index in [-0.39, 0.29) is 5.84 Å². The third-order valence-corrected chi connectivity index (χ3v) is 2.37. The molecule has 0 saturated heterocycles. The second kappa shape index (κ2) is 4.73. The van der Waals surface area contributed by atoms with Gasteiger partial charge < -0.3 is 5.73 Å². The maximum atomic E-state index is 7.31. The van der Waals surface area contributed by atoms with Crippen molar-refractivity contribution in [1.82, 2.24) is 19.7 Å². The molecule has 17 heavy (non-hydrogen) atoms. The number of aryl methyl sites for hydroxylation is 1. The van der Waals surface area contributed by atoms with Gasteiger partial charge in [0, 0.05) is 18.1 Å². The molecule has 0 amide bonds. The quantitative estimate of drug-likeness (QED) is 0.601. The summed E-state index contributed by atoms with van der Waals surface area (Å²) >= 11 is 0. The van der Waals surface area contributed by atoms with Crippen LogP contribution in [0.5, 0.6) is 0 Å². The summed E-state index contributed by atoms with van der Waals surface area (Å²) in [5, 5.41) is 11.7. The second-order valence-electron chi connectivity index (χ2n) is 3.65. The van der Waals surface area contributed by atoms with Gasteiger partial charge in [0.2, 0.25) is 0 Å². The van der Waals surface area contributed by atoms with Gasteiger partial charge in [-0.25, -0.2) is 0 Å². The Morgan fingerprint density at radius 1 is 1.41 bits per heavy atom. The Morgan fingerprint density at radius 3 is 2.82 bits per heavy atom. The molecule has 2 rings (SSSR count). The van der Waals surface area contributed by atoms with Gasteiger partial charge in [0.25, 0.3) is 0 Å². The first-order valence-corrected chi connectivity index (χ1v) is 5.36. The van der Waals surface area contributed by atoms with Crippen molar-refractivity contribution in [3.8, 4) is 11.4 Å². The van der Waals surface area contributed by atoms with E-state index in [1.54, 1.807) is 23.3 Å². The third-order valence-electron chi connectivity index (χ3n) is 2.37. The molecular formula is C11H14N6. The van der Waals surface area contributed by atoms with Gasteiger partial charge >= 0.3 is 0 Å². The number of aromatic nitrogens is 4. The van der Waals surface area contributed by atoms with E-state index in [1.807, 2.05) is 13.0 Å². The van der Waals surface area contributed by atoms with E-state index in [1.165, 1.54) is 0 Å². The predicted molar refractivity (Wildman–Crippen MR) is 64.5 cm³/mol. The Balaban J connectivity index is 2.37. The molecule has 0 saturated carbocycles. The molecule has 0 aliphatic heterocycles. The summed E-state index contributed by atoms with van der Waals surface area (Å²) in [5.74, 6) is 0.0912. The van der Waals surface area contributed by atoms with Gasteiger partial charge in [-0.1, -0.05) is 6.92 Å². The van der Waals surface area contributed by atoms with Crippen LogP contribution in [0, 0.1) is 5.41 Å². The van der Waals surface area contributed by atoms with Crippen molar-refractivity contribution >= 4 is 5.84 Å². The monoisotopic (exact) mass is 230 g/mol. The molecule has 0 atom stereocenters. The van der Waals surface area contributed by atoms with E-state index in [2.05, 4.69) is 15.1 Å². The highest BCUT2D eigenvalue weighted by atomic mass is 15.3. The molecule has 0 fully saturated rings. The molecule has 3 N–H and O–H groups in total. The van der Waals surface area contributed by atoms with Gasteiger partial charge in [0.15, 0.2) is 0 Å². The Kier molecular flexibility index (Phi) is 3.13. The molecule has 2 heterocycles. The van der Waals surface area contributed by atoms with Crippen LogP contribution in [-0.4, -0.2) is 25.6 Å². The van der Waals surface area contributed by atoms with Gasteiger partial charge in [0.1, 0.15) is 17.2 Å². The molecule has 2 aromatic rings. The molecule has 0 unspecified atom stereocenters.